The molecular formula is C9H8ClN3O2. The Balaban J connectivity index is 2.13. The van der Waals surface area contributed by atoms with Crippen molar-refractivity contribution < 1.29 is 9.59 Å². The van der Waals surface area contributed by atoms with Crippen LogP contribution in [0, 0.1) is 0 Å². The standard InChI is InChI=1S/C9H8ClN3O2/c10-5-2-1-3-11-8(5)12-6-4-7(14)13-9(6)15/h1-3,6H,4H2,(H,11,12)(H,13,14,15). The molecule has 78 valence electrons. The lowest BCUT2D eigenvalue weighted by molar-refractivity contribution is -0.124. The second-order valence-electron chi connectivity index (χ2n) is 3.15. The molecule has 1 atom stereocenters. The minimum absolute atomic E-state index is 0.117. The fraction of sp³-hybridized carbons (Fsp3) is 0.222. The minimum Gasteiger partial charge on any atom is -0.357 e. The number of carbonyl (C=O) groups is 2. The van der Waals surface area contributed by atoms with E-state index < -0.39 is 6.04 Å². The van der Waals surface area contributed by atoms with Crippen LogP contribution in [-0.4, -0.2) is 22.8 Å². The molecule has 2 rings (SSSR count). The molecule has 1 aromatic rings. The maximum atomic E-state index is 11.2. The summed E-state index contributed by atoms with van der Waals surface area (Å²) in [6, 6.07) is 2.77. The Kier molecular flexibility index (Phi) is 2.55. The van der Waals surface area contributed by atoms with Gasteiger partial charge in [-0.15, -0.1) is 0 Å². The number of rotatable bonds is 2. The van der Waals surface area contributed by atoms with Gasteiger partial charge in [0.05, 0.1) is 11.4 Å². The fourth-order valence-corrected chi connectivity index (χ4v) is 1.50. The first kappa shape index (κ1) is 9.92. The smallest absolute Gasteiger partial charge is 0.249 e. The van der Waals surface area contributed by atoms with E-state index in [-0.39, 0.29) is 18.2 Å². The Bertz CT molecular complexity index is 422. The first-order valence-corrected chi connectivity index (χ1v) is 4.75. The summed E-state index contributed by atoms with van der Waals surface area (Å²) in [5, 5.41) is 5.43. The molecule has 2 heterocycles. The quantitative estimate of drug-likeness (QED) is 0.722. The van der Waals surface area contributed by atoms with Gasteiger partial charge in [-0.3, -0.25) is 14.9 Å². The van der Waals surface area contributed by atoms with Crippen LogP contribution < -0.4 is 10.6 Å². The van der Waals surface area contributed by atoms with Crippen molar-refractivity contribution in [1.82, 2.24) is 10.3 Å². The molecule has 1 aliphatic rings. The van der Waals surface area contributed by atoms with Crippen LogP contribution >= 0.6 is 11.6 Å². The summed E-state index contributed by atoms with van der Waals surface area (Å²) in [6.45, 7) is 0. The second-order valence-corrected chi connectivity index (χ2v) is 3.55. The molecule has 2 amide bonds. The number of anilines is 1. The summed E-state index contributed by atoms with van der Waals surface area (Å²) in [7, 11) is 0. The van der Waals surface area contributed by atoms with Gasteiger partial charge in [-0.1, -0.05) is 11.6 Å². The van der Waals surface area contributed by atoms with Crippen LogP contribution in [0.15, 0.2) is 18.3 Å². The van der Waals surface area contributed by atoms with Crippen LogP contribution in [-0.2, 0) is 9.59 Å². The molecule has 1 unspecified atom stereocenters. The molecule has 0 spiro atoms. The number of pyridine rings is 1. The third-order valence-electron chi connectivity index (χ3n) is 2.04. The van der Waals surface area contributed by atoms with Crippen molar-refractivity contribution in [2.45, 2.75) is 12.5 Å². The molecule has 5 nitrogen and oxygen atoms in total. The van der Waals surface area contributed by atoms with Crippen LogP contribution in [0.1, 0.15) is 6.42 Å². The number of imide groups is 1. The van der Waals surface area contributed by atoms with Crippen molar-refractivity contribution in [3.8, 4) is 0 Å². The highest BCUT2D eigenvalue weighted by Crippen LogP contribution is 2.19. The Labute approximate surface area is 90.8 Å². The summed E-state index contributed by atoms with van der Waals surface area (Å²) in [5.74, 6) is -0.222. The Morgan fingerprint density at radius 1 is 1.53 bits per heavy atom. The minimum atomic E-state index is -0.579. The second kappa shape index (κ2) is 3.86. The van der Waals surface area contributed by atoms with E-state index in [1.54, 1.807) is 18.3 Å². The third kappa shape index (κ3) is 2.07. The fourth-order valence-electron chi connectivity index (χ4n) is 1.33. The van der Waals surface area contributed by atoms with E-state index in [1.807, 2.05) is 0 Å². The van der Waals surface area contributed by atoms with E-state index in [0.717, 1.165) is 0 Å². The Morgan fingerprint density at radius 2 is 2.33 bits per heavy atom. The molecule has 1 aliphatic heterocycles. The van der Waals surface area contributed by atoms with Gasteiger partial charge in [0.15, 0.2) is 0 Å². The van der Waals surface area contributed by atoms with Gasteiger partial charge >= 0.3 is 0 Å². The van der Waals surface area contributed by atoms with Crippen LogP contribution in [0.25, 0.3) is 0 Å². The van der Waals surface area contributed by atoms with E-state index in [0.29, 0.717) is 10.8 Å². The number of carbonyl (C=O) groups excluding carboxylic acids is 2. The molecule has 1 fully saturated rings. The number of amides is 2. The lowest BCUT2D eigenvalue weighted by atomic mass is 10.2. The number of hydrogen-bond acceptors (Lipinski definition) is 4. The van der Waals surface area contributed by atoms with Crippen molar-refractivity contribution in [2.24, 2.45) is 0 Å². The summed E-state index contributed by atoms with van der Waals surface area (Å²) in [6.07, 6.45) is 1.68. The SMILES string of the molecule is O=C1CC(Nc2ncccc2Cl)C(=O)N1. The van der Waals surface area contributed by atoms with Crippen molar-refractivity contribution in [3.05, 3.63) is 23.4 Å². The van der Waals surface area contributed by atoms with Crippen LogP contribution in [0.4, 0.5) is 5.82 Å². The normalized spacial score (nSPS) is 20.2. The lowest BCUT2D eigenvalue weighted by Crippen LogP contribution is -2.30. The third-order valence-corrected chi connectivity index (χ3v) is 2.34. The van der Waals surface area contributed by atoms with Crippen LogP contribution in [0.3, 0.4) is 0 Å². The Morgan fingerprint density at radius 3 is 2.93 bits per heavy atom. The zero-order valence-electron chi connectivity index (χ0n) is 7.66. The molecule has 15 heavy (non-hydrogen) atoms. The number of halogens is 1. The van der Waals surface area contributed by atoms with Gasteiger partial charge in [0.2, 0.25) is 11.8 Å². The van der Waals surface area contributed by atoms with Gasteiger partial charge in [-0.25, -0.2) is 4.98 Å². The molecule has 0 radical (unpaired) electrons. The molecular weight excluding hydrogens is 218 g/mol. The largest absolute Gasteiger partial charge is 0.357 e. The van der Waals surface area contributed by atoms with Gasteiger partial charge in [0.25, 0.3) is 0 Å². The zero-order valence-corrected chi connectivity index (χ0v) is 8.41. The van der Waals surface area contributed by atoms with Crippen molar-refractivity contribution in [3.63, 3.8) is 0 Å². The zero-order chi connectivity index (χ0) is 10.8. The summed E-state index contributed by atoms with van der Waals surface area (Å²) in [4.78, 5) is 26.1. The molecule has 1 aromatic heterocycles. The van der Waals surface area contributed by atoms with Crippen LogP contribution in [0.5, 0.6) is 0 Å². The Hall–Kier alpha value is -1.62. The summed E-state index contributed by atoms with van der Waals surface area (Å²) < 4.78 is 0. The predicted octanol–water partition coefficient (Wildman–Crippen LogP) is 0.562. The first-order valence-electron chi connectivity index (χ1n) is 4.37. The average Bonchev–Trinajstić information content (AvgIpc) is 2.49. The van der Waals surface area contributed by atoms with Gasteiger partial charge < -0.3 is 5.32 Å². The number of hydrogen-bond donors (Lipinski definition) is 2. The molecule has 1 saturated heterocycles. The monoisotopic (exact) mass is 225 g/mol. The van der Waals surface area contributed by atoms with Crippen LogP contribution in [0.2, 0.25) is 5.02 Å². The molecule has 0 aromatic carbocycles. The van der Waals surface area contributed by atoms with Crippen molar-refractivity contribution in [1.29, 1.82) is 0 Å². The predicted molar refractivity (Wildman–Crippen MR) is 54.4 cm³/mol. The van der Waals surface area contributed by atoms with Gasteiger partial charge in [-0.2, -0.15) is 0 Å². The average molecular weight is 226 g/mol. The molecule has 0 saturated carbocycles. The highest BCUT2D eigenvalue weighted by Gasteiger charge is 2.30. The molecule has 2 N–H and O–H groups in total. The number of aromatic nitrogens is 1. The van der Waals surface area contributed by atoms with E-state index >= 15 is 0 Å². The topological polar surface area (TPSA) is 71.1 Å². The van der Waals surface area contributed by atoms with E-state index in [2.05, 4.69) is 15.6 Å². The molecule has 0 aliphatic carbocycles. The summed E-state index contributed by atoms with van der Waals surface area (Å²) >= 11 is 5.85. The van der Waals surface area contributed by atoms with Crippen molar-refractivity contribution >= 4 is 29.2 Å². The highest BCUT2D eigenvalue weighted by molar-refractivity contribution is 6.33. The maximum Gasteiger partial charge on any atom is 0.249 e. The first-order chi connectivity index (χ1) is 7.16. The van der Waals surface area contributed by atoms with E-state index in [9.17, 15) is 9.59 Å². The highest BCUT2D eigenvalue weighted by atomic mass is 35.5. The van der Waals surface area contributed by atoms with Gasteiger partial charge in [-0.05, 0) is 12.1 Å². The number of nitrogens with one attached hydrogen (secondary N) is 2. The van der Waals surface area contributed by atoms with E-state index in [1.165, 1.54) is 0 Å². The summed E-state index contributed by atoms with van der Waals surface area (Å²) in [5.41, 5.74) is 0. The lowest BCUT2D eigenvalue weighted by Gasteiger charge is -2.10. The van der Waals surface area contributed by atoms with E-state index in [4.69, 9.17) is 11.6 Å². The number of nitrogens with zero attached hydrogens (tertiary/aromatic N) is 1. The van der Waals surface area contributed by atoms with Gasteiger partial charge in [0, 0.05) is 6.20 Å². The van der Waals surface area contributed by atoms with Crippen molar-refractivity contribution in [2.75, 3.05) is 5.32 Å². The van der Waals surface area contributed by atoms with Gasteiger partial charge in [0.1, 0.15) is 11.9 Å². The molecule has 0 bridgehead atoms. The maximum absolute atomic E-state index is 11.2. The molecule has 6 heteroatoms.